The molecule has 166 valence electrons. The maximum Gasteiger partial charge on any atom is 0.261 e. The molecule has 1 fully saturated rings. The minimum atomic E-state index is -0.361. The summed E-state index contributed by atoms with van der Waals surface area (Å²) in [6, 6.07) is 8.19. The van der Waals surface area contributed by atoms with Crippen molar-refractivity contribution in [3.05, 3.63) is 72.2 Å². The molecule has 4 rings (SSSR count). The van der Waals surface area contributed by atoms with E-state index in [1.54, 1.807) is 17.1 Å². The van der Waals surface area contributed by atoms with Gasteiger partial charge < -0.3 is 21.7 Å². The zero-order valence-electron chi connectivity index (χ0n) is 18.1. The highest BCUT2D eigenvalue weighted by atomic mass is 16.5. The van der Waals surface area contributed by atoms with Crippen LogP contribution in [0.3, 0.4) is 0 Å². The summed E-state index contributed by atoms with van der Waals surface area (Å²) in [6.45, 7) is 6.90. The number of nitrogens with zero attached hydrogens (tertiary/aromatic N) is 5. The van der Waals surface area contributed by atoms with Crippen molar-refractivity contribution in [2.45, 2.75) is 31.7 Å². The lowest BCUT2D eigenvalue weighted by Gasteiger charge is -2.27. The van der Waals surface area contributed by atoms with Gasteiger partial charge in [-0.15, -0.1) is 0 Å². The molecule has 0 bridgehead atoms. The highest BCUT2D eigenvalue weighted by molar-refractivity contribution is 6.09. The van der Waals surface area contributed by atoms with Gasteiger partial charge in [0.05, 0.1) is 23.7 Å². The van der Waals surface area contributed by atoms with Crippen LogP contribution in [0.25, 0.3) is 17.0 Å². The van der Waals surface area contributed by atoms with Crippen molar-refractivity contribution < 1.29 is 4.52 Å². The average molecular weight is 433 g/mol. The van der Waals surface area contributed by atoms with Crippen molar-refractivity contribution in [2.75, 3.05) is 6.54 Å². The lowest BCUT2D eigenvalue weighted by molar-refractivity contribution is 0.386. The predicted octanol–water partition coefficient (Wildman–Crippen LogP) is 2.41. The van der Waals surface area contributed by atoms with Gasteiger partial charge in [-0.2, -0.15) is 10.1 Å². The lowest BCUT2D eigenvalue weighted by atomic mass is 9.76. The molecule has 0 radical (unpaired) electrons. The van der Waals surface area contributed by atoms with E-state index in [1.807, 2.05) is 18.3 Å². The fourth-order valence-electron chi connectivity index (χ4n) is 3.86. The van der Waals surface area contributed by atoms with Gasteiger partial charge in [-0.3, -0.25) is 4.68 Å². The molecule has 0 aliphatic heterocycles. The Balaban J connectivity index is 1.63. The molecule has 0 saturated heterocycles. The van der Waals surface area contributed by atoms with Crippen LogP contribution in [0.2, 0.25) is 0 Å². The number of aromatic nitrogens is 4. The van der Waals surface area contributed by atoms with E-state index in [9.17, 15) is 0 Å². The van der Waals surface area contributed by atoms with Crippen LogP contribution in [-0.4, -0.2) is 32.7 Å². The minimum Gasteiger partial charge on any atom is -0.404 e. The van der Waals surface area contributed by atoms with Gasteiger partial charge in [0.2, 0.25) is 0 Å². The molecule has 9 nitrogen and oxygen atoms in total. The summed E-state index contributed by atoms with van der Waals surface area (Å²) in [5, 5.41) is 8.65. The van der Waals surface area contributed by atoms with Crippen LogP contribution in [-0.2, 0) is 12.0 Å². The fraction of sp³-hybridized carbons (Fsp3) is 0.304. The molecular formula is C23H28N8O. The second kappa shape index (κ2) is 8.80. The first kappa shape index (κ1) is 21.5. The van der Waals surface area contributed by atoms with Gasteiger partial charge in [0, 0.05) is 30.7 Å². The average Bonchev–Trinajstić information content (AvgIpc) is 3.34. The Labute approximate surface area is 186 Å². The second-order valence-electron chi connectivity index (χ2n) is 8.13. The van der Waals surface area contributed by atoms with E-state index in [4.69, 9.17) is 26.7 Å². The summed E-state index contributed by atoms with van der Waals surface area (Å²) in [5.74, 6) is 1.80. The number of allylic oxidation sites excluding steroid dienone is 1. The maximum atomic E-state index is 5.77. The van der Waals surface area contributed by atoms with Crippen LogP contribution in [0.15, 0.2) is 64.8 Å². The van der Waals surface area contributed by atoms with Crippen molar-refractivity contribution >= 4 is 11.8 Å². The molecule has 3 aromatic rings. The van der Waals surface area contributed by atoms with E-state index in [0.717, 1.165) is 35.1 Å². The van der Waals surface area contributed by atoms with E-state index in [0.29, 0.717) is 30.7 Å². The van der Waals surface area contributed by atoms with Crippen molar-refractivity contribution in [3.8, 4) is 11.5 Å². The molecule has 2 aromatic heterocycles. The summed E-state index contributed by atoms with van der Waals surface area (Å²) in [7, 11) is 0. The maximum absolute atomic E-state index is 5.77. The number of aliphatic imine (C=N–C) groups is 1. The van der Waals surface area contributed by atoms with Crippen LogP contribution < -0.4 is 17.2 Å². The van der Waals surface area contributed by atoms with E-state index in [1.165, 1.54) is 6.20 Å². The van der Waals surface area contributed by atoms with Crippen molar-refractivity contribution in [1.29, 1.82) is 0 Å². The second-order valence-corrected chi connectivity index (χ2v) is 8.13. The van der Waals surface area contributed by atoms with Gasteiger partial charge in [-0.25, -0.2) is 4.99 Å². The Morgan fingerprint density at radius 2 is 2.09 bits per heavy atom. The Hall–Kier alpha value is -3.72. The summed E-state index contributed by atoms with van der Waals surface area (Å²) in [6.07, 6.45) is 8.93. The number of hydrogen-bond acceptors (Lipinski definition) is 8. The van der Waals surface area contributed by atoms with Gasteiger partial charge in [0.15, 0.2) is 5.82 Å². The van der Waals surface area contributed by atoms with Gasteiger partial charge in [-0.1, -0.05) is 36.0 Å². The van der Waals surface area contributed by atoms with E-state index >= 15 is 0 Å². The largest absolute Gasteiger partial charge is 0.404 e. The van der Waals surface area contributed by atoms with Crippen molar-refractivity contribution in [1.82, 2.24) is 19.9 Å². The Morgan fingerprint density at radius 3 is 2.72 bits per heavy atom. The minimum absolute atomic E-state index is 0.226. The Bertz CT molecular complexity index is 1150. The van der Waals surface area contributed by atoms with E-state index < -0.39 is 0 Å². The monoisotopic (exact) mass is 432 g/mol. The van der Waals surface area contributed by atoms with E-state index in [2.05, 4.69) is 40.9 Å². The molecule has 0 spiro atoms. The first-order chi connectivity index (χ1) is 15.5. The molecule has 1 atom stereocenters. The normalized spacial score (nSPS) is 16.4. The third-order valence-electron chi connectivity index (χ3n) is 5.89. The number of nitrogens with two attached hydrogens (primary N) is 3. The molecular weight excluding hydrogens is 404 g/mol. The van der Waals surface area contributed by atoms with Crippen LogP contribution in [0, 0.1) is 5.92 Å². The number of benzene rings is 1. The smallest absolute Gasteiger partial charge is 0.261 e. The van der Waals surface area contributed by atoms with Crippen LogP contribution in [0.1, 0.15) is 36.7 Å². The molecule has 32 heavy (non-hydrogen) atoms. The molecule has 1 saturated carbocycles. The van der Waals surface area contributed by atoms with Crippen LogP contribution in [0.4, 0.5) is 0 Å². The van der Waals surface area contributed by atoms with Crippen molar-refractivity contribution in [2.24, 2.45) is 28.1 Å². The zero-order chi connectivity index (χ0) is 22.7. The summed E-state index contributed by atoms with van der Waals surface area (Å²) < 4.78 is 7.38. The number of rotatable bonds is 9. The fourth-order valence-corrected chi connectivity index (χ4v) is 3.86. The zero-order valence-corrected chi connectivity index (χ0v) is 18.1. The number of hydrogen-bond donors (Lipinski definition) is 3. The first-order valence-electron chi connectivity index (χ1n) is 10.5. The predicted molar refractivity (Wildman–Crippen MR) is 124 cm³/mol. The third-order valence-corrected chi connectivity index (χ3v) is 5.89. The standard InChI is InChI=1S/C23H28N8O/c1-15(26)27-12-17(11-25)16-3-5-19(6-4-16)23(2,20-7-8-20)22-29-21(32-30-22)18-13-28-31(14-18)10-9-24/h3-6,11-14,20H,1,7-10,24-26H2,2H3/b17-11+,27-12?/t23-/m0/s1. The molecule has 1 aliphatic rings. The topological polar surface area (TPSA) is 147 Å². The molecule has 2 heterocycles. The van der Waals surface area contributed by atoms with Crippen molar-refractivity contribution in [3.63, 3.8) is 0 Å². The Morgan fingerprint density at radius 1 is 1.34 bits per heavy atom. The molecule has 1 aliphatic carbocycles. The van der Waals surface area contributed by atoms with Gasteiger partial charge in [0.25, 0.3) is 5.89 Å². The van der Waals surface area contributed by atoms with Crippen LogP contribution >= 0.6 is 0 Å². The highest BCUT2D eigenvalue weighted by Crippen LogP contribution is 2.50. The molecule has 9 heteroatoms. The molecule has 6 N–H and O–H groups in total. The SMILES string of the molecule is C=C(N)N=C/C(=C\N)c1ccc([C@](C)(c2noc(-c3cnn(CCN)c3)n2)C2CC2)cc1. The summed E-state index contributed by atoms with van der Waals surface area (Å²) in [5.41, 5.74) is 20.1. The molecule has 0 unspecified atom stereocenters. The highest BCUT2D eigenvalue weighted by Gasteiger charge is 2.47. The van der Waals surface area contributed by atoms with Gasteiger partial charge in [0.1, 0.15) is 5.82 Å². The summed E-state index contributed by atoms with van der Waals surface area (Å²) in [4.78, 5) is 8.79. The van der Waals surface area contributed by atoms with E-state index in [-0.39, 0.29) is 11.2 Å². The first-order valence-corrected chi connectivity index (χ1v) is 10.5. The lowest BCUT2D eigenvalue weighted by Crippen LogP contribution is -2.28. The Kier molecular flexibility index (Phi) is 5.91. The molecule has 1 aromatic carbocycles. The molecule has 0 amide bonds. The quantitative estimate of drug-likeness (QED) is 0.440. The summed E-state index contributed by atoms with van der Waals surface area (Å²) >= 11 is 0. The van der Waals surface area contributed by atoms with Crippen LogP contribution in [0.5, 0.6) is 0 Å². The van der Waals surface area contributed by atoms with Gasteiger partial charge in [-0.05, 0) is 36.8 Å². The van der Waals surface area contributed by atoms with Gasteiger partial charge >= 0.3 is 0 Å². The third kappa shape index (κ3) is 4.19.